The summed E-state index contributed by atoms with van der Waals surface area (Å²) in [5, 5.41) is 9.29. The predicted octanol–water partition coefficient (Wildman–Crippen LogP) is 2.23. The molecular weight excluding hydrogens is 199 g/mol. The lowest BCUT2D eigenvalue weighted by atomic mass is 9.97. The number of hydrogen-bond acceptors (Lipinski definition) is 3. The summed E-state index contributed by atoms with van der Waals surface area (Å²) in [5.74, 6) is -0.777. The molecule has 0 spiro atoms. The van der Waals surface area contributed by atoms with Crippen LogP contribution < -0.4 is 4.74 Å². The molecule has 0 radical (unpaired) electrons. The van der Waals surface area contributed by atoms with E-state index in [9.17, 15) is 14.3 Å². The molecule has 82 valence electrons. The van der Waals surface area contributed by atoms with Gasteiger partial charge >= 0.3 is 0 Å². The van der Waals surface area contributed by atoms with Crippen LogP contribution in [0.2, 0.25) is 0 Å². The van der Waals surface area contributed by atoms with Crippen molar-refractivity contribution in [3.63, 3.8) is 0 Å². The molecule has 0 amide bonds. The van der Waals surface area contributed by atoms with Crippen molar-refractivity contribution < 1.29 is 19.0 Å². The van der Waals surface area contributed by atoms with E-state index in [0.717, 1.165) is 12.4 Å². The number of halogens is 1. The first-order chi connectivity index (χ1) is 7.10. The highest BCUT2D eigenvalue weighted by atomic mass is 19.1. The number of hydrogen-bond donors (Lipinski definition) is 1. The fraction of sp³-hybridized carbons (Fsp3) is 0.364. The lowest BCUT2D eigenvalue weighted by Crippen LogP contribution is -1.99. The van der Waals surface area contributed by atoms with Crippen molar-refractivity contribution in [3.05, 3.63) is 23.5 Å². The first kappa shape index (κ1) is 11.5. The Morgan fingerprint density at radius 3 is 2.80 bits per heavy atom. The Morgan fingerprint density at radius 1 is 1.60 bits per heavy atom. The number of ether oxygens (including phenoxy) is 1. The van der Waals surface area contributed by atoms with Gasteiger partial charge in [-0.05, 0) is 17.5 Å². The van der Waals surface area contributed by atoms with Crippen molar-refractivity contribution in [1.29, 1.82) is 0 Å². The zero-order chi connectivity index (χ0) is 11.4. The van der Waals surface area contributed by atoms with E-state index in [-0.39, 0.29) is 23.8 Å². The number of phenols is 1. The molecule has 0 aliphatic rings. The molecule has 0 saturated heterocycles. The first-order valence-electron chi connectivity index (χ1n) is 4.60. The van der Waals surface area contributed by atoms with Crippen LogP contribution in [0.3, 0.4) is 0 Å². The summed E-state index contributed by atoms with van der Waals surface area (Å²) in [5.41, 5.74) is 0.372. The van der Waals surface area contributed by atoms with Gasteiger partial charge in [-0.3, -0.25) is 0 Å². The molecule has 1 N–H and O–H groups in total. The second kappa shape index (κ2) is 4.77. The minimum absolute atomic E-state index is 0.212. The number of aldehydes is 1. The van der Waals surface area contributed by atoms with Crippen molar-refractivity contribution in [2.24, 2.45) is 0 Å². The summed E-state index contributed by atoms with van der Waals surface area (Å²) in [6.45, 7) is 1.74. The smallest absolute Gasteiger partial charge is 0.160 e. The molecular formula is C11H13FO3. The number of methoxy groups -OCH3 is 1. The van der Waals surface area contributed by atoms with E-state index in [1.54, 1.807) is 6.92 Å². The molecule has 1 atom stereocenters. The van der Waals surface area contributed by atoms with Gasteiger partial charge in [0, 0.05) is 12.5 Å². The molecule has 0 aromatic heterocycles. The Bertz CT molecular complexity index is 363. The maximum Gasteiger partial charge on any atom is 0.160 e. The van der Waals surface area contributed by atoms with Gasteiger partial charge in [-0.25, -0.2) is 4.39 Å². The van der Waals surface area contributed by atoms with Gasteiger partial charge in [0.15, 0.2) is 11.5 Å². The summed E-state index contributed by atoms with van der Waals surface area (Å²) in [7, 11) is 1.39. The summed E-state index contributed by atoms with van der Waals surface area (Å²) < 4.78 is 18.3. The van der Waals surface area contributed by atoms with Crippen LogP contribution in [0.1, 0.15) is 24.8 Å². The van der Waals surface area contributed by atoms with E-state index in [1.807, 2.05) is 0 Å². The van der Waals surface area contributed by atoms with E-state index in [0.29, 0.717) is 5.56 Å². The largest absolute Gasteiger partial charge is 0.504 e. The second-order valence-corrected chi connectivity index (χ2v) is 3.35. The van der Waals surface area contributed by atoms with Crippen LogP contribution >= 0.6 is 0 Å². The highest BCUT2D eigenvalue weighted by Gasteiger charge is 2.14. The van der Waals surface area contributed by atoms with E-state index in [2.05, 4.69) is 0 Å². The Kier molecular flexibility index (Phi) is 3.66. The average Bonchev–Trinajstić information content (AvgIpc) is 2.18. The highest BCUT2D eigenvalue weighted by molar-refractivity contribution is 5.52. The van der Waals surface area contributed by atoms with Gasteiger partial charge in [0.25, 0.3) is 0 Å². The second-order valence-electron chi connectivity index (χ2n) is 3.35. The number of phenolic OH excluding ortho intramolecular Hbond substituents is 1. The zero-order valence-corrected chi connectivity index (χ0v) is 8.66. The molecule has 0 saturated carbocycles. The van der Waals surface area contributed by atoms with Gasteiger partial charge in [-0.15, -0.1) is 0 Å². The highest BCUT2D eigenvalue weighted by Crippen LogP contribution is 2.32. The van der Waals surface area contributed by atoms with Crippen molar-refractivity contribution in [1.82, 2.24) is 0 Å². The molecule has 1 aromatic carbocycles. The Labute approximate surface area is 87.5 Å². The first-order valence-corrected chi connectivity index (χ1v) is 4.60. The normalized spacial score (nSPS) is 12.2. The van der Waals surface area contributed by atoms with E-state index in [1.165, 1.54) is 13.2 Å². The minimum atomic E-state index is -0.525. The topological polar surface area (TPSA) is 46.5 Å². The molecule has 0 heterocycles. The third kappa shape index (κ3) is 2.46. The third-order valence-electron chi connectivity index (χ3n) is 2.28. The molecule has 0 aliphatic heterocycles. The van der Waals surface area contributed by atoms with E-state index >= 15 is 0 Å². The summed E-state index contributed by atoms with van der Waals surface area (Å²) in [6, 6.07) is 2.41. The molecule has 4 heteroatoms. The van der Waals surface area contributed by atoms with Crippen LogP contribution in [0.25, 0.3) is 0 Å². The van der Waals surface area contributed by atoms with Crippen LogP contribution in [0.15, 0.2) is 12.1 Å². The van der Waals surface area contributed by atoms with Gasteiger partial charge in [0.2, 0.25) is 0 Å². The van der Waals surface area contributed by atoms with E-state index in [4.69, 9.17) is 4.74 Å². The van der Waals surface area contributed by atoms with Crippen LogP contribution in [-0.4, -0.2) is 18.5 Å². The van der Waals surface area contributed by atoms with Gasteiger partial charge < -0.3 is 14.6 Å². The molecule has 1 unspecified atom stereocenters. The molecule has 0 fully saturated rings. The van der Waals surface area contributed by atoms with E-state index < -0.39 is 5.82 Å². The molecule has 1 aromatic rings. The lowest BCUT2D eigenvalue weighted by molar-refractivity contribution is -0.108. The standard InChI is InChI=1S/C11H13FO3/c1-7(3-4-13)8-5-11(15-2)10(14)6-9(8)12/h4-7,14H,3H2,1-2H3. The number of rotatable bonds is 4. The van der Waals surface area contributed by atoms with Gasteiger partial charge in [-0.2, -0.15) is 0 Å². The maximum absolute atomic E-state index is 13.4. The minimum Gasteiger partial charge on any atom is -0.504 e. The number of carbonyl (C=O) groups excluding carboxylic acids is 1. The molecule has 3 nitrogen and oxygen atoms in total. The molecule has 0 bridgehead atoms. The fourth-order valence-electron chi connectivity index (χ4n) is 1.37. The van der Waals surface area contributed by atoms with Crippen LogP contribution in [0.4, 0.5) is 4.39 Å². The van der Waals surface area contributed by atoms with Crippen molar-refractivity contribution in [2.75, 3.05) is 7.11 Å². The van der Waals surface area contributed by atoms with Crippen LogP contribution in [-0.2, 0) is 4.79 Å². The zero-order valence-electron chi connectivity index (χ0n) is 8.66. The van der Waals surface area contributed by atoms with Crippen molar-refractivity contribution in [3.8, 4) is 11.5 Å². The lowest BCUT2D eigenvalue weighted by Gasteiger charge is -2.12. The fourth-order valence-corrected chi connectivity index (χ4v) is 1.37. The Morgan fingerprint density at radius 2 is 2.27 bits per heavy atom. The summed E-state index contributed by atoms with van der Waals surface area (Å²) in [4.78, 5) is 10.3. The molecule has 0 aliphatic carbocycles. The quantitative estimate of drug-likeness (QED) is 0.778. The van der Waals surface area contributed by atoms with Crippen molar-refractivity contribution >= 4 is 6.29 Å². The van der Waals surface area contributed by atoms with Gasteiger partial charge in [-0.1, -0.05) is 6.92 Å². The number of carbonyl (C=O) groups is 1. The van der Waals surface area contributed by atoms with Gasteiger partial charge in [0.05, 0.1) is 7.11 Å². The monoisotopic (exact) mass is 212 g/mol. The van der Waals surface area contributed by atoms with Crippen LogP contribution in [0.5, 0.6) is 11.5 Å². The third-order valence-corrected chi connectivity index (χ3v) is 2.28. The molecule has 1 rings (SSSR count). The Balaban J connectivity index is 3.11. The number of aromatic hydroxyl groups is 1. The summed E-state index contributed by atoms with van der Waals surface area (Å²) >= 11 is 0. The van der Waals surface area contributed by atoms with Gasteiger partial charge in [0.1, 0.15) is 12.1 Å². The summed E-state index contributed by atoms with van der Waals surface area (Å²) in [6.07, 6.45) is 0.980. The maximum atomic E-state index is 13.4. The predicted molar refractivity (Wildman–Crippen MR) is 53.7 cm³/mol. The van der Waals surface area contributed by atoms with Crippen LogP contribution in [0, 0.1) is 5.82 Å². The average molecular weight is 212 g/mol. The SMILES string of the molecule is COc1cc(C(C)CC=O)c(F)cc1O. The number of benzene rings is 1. The Hall–Kier alpha value is -1.58. The molecule has 15 heavy (non-hydrogen) atoms. The van der Waals surface area contributed by atoms with Crippen molar-refractivity contribution in [2.45, 2.75) is 19.3 Å².